The lowest BCUT2D eigenvalue weighted by molar-refractivity contribution is -0.137. The number of nitrogens with one attached hydrogen (secondary N) is 1. The first kappa shape index (κ1) is 8.32. The molecule has 2 atom stereocenters. The second-order valence-electron chi connectivity index (χ2n) is 3.50. The van der Waals surface area contributed by atoms with Crippen LogP contribution < -0.4 is 5.32 Å². The zero-order valence-corrected chi connectivity index (χ0v) is 7.68. The third-order valence-electron chi connectivity index (χ3n) is 2.62. The topological polar surface area (TPSA) is 32.3 Å². The van der Waals surface area contributed by atoms with Crippen molar-refractivity contribution in [1.82, 2.24) is 10.2 Å². The summed E-state index contributed by atoms with van der Waals surface area (Å²) in [7, 11) is 0. The molecule has 2 aliphatic rings. The van der Waals surface area contributed by atoms with Crippen molar-refractivity contribution in [2.75, 3.05) is 19.0 Å². The number of fused-ring (bicyclic) bond motifs is 2. The molecule has 0 aromatic heterocycles. The minimum absolute atomic E-state index is 0.134. The van der Waals surface area contributed by atoms with Gasteiger partial charge in [-0.3, -0.25) is 4.79 Å². The molecular weight excluding hydrogens is 176 g/mol. The van der Waals surface area contributed by atoms with Crippen molar-refractivity contribution in [3.8, 4) is 0 Å². The maximum Gasteiger partial charge on any atom is 0.241 e. The van der Waals surface area contributed by atoms with E-state index in [-0.39, 0.29) is 11.9 Å². The van der Waals surface area contributed by atoms with E-state index in [9.17, 15) is 4.79 Å². The Hall–Kier alpha value is -0.280. The Morgan fingerprint density at radius 1 is 1.67 bits per heavy atom. The molecule has 2 saturated heterocycles. The average molecular weight is 189 g/mol. The quantitative estimate of drug-likeness (QED) is 0.596. The lowest BCUT2D eigenvalue weighted by Crippen LogP contribution is -2.62. The van der Waals surface area contributed by atoms with Crippen molar-refractivity contribution in [1.29, 1.82) is 0 Å². The molecular formula is C8H13ClN2O. The number of rotatable bonds is 1. The van der Waals surface area contributed by atoms with Gasteiger partial charge in [0.15, 0.2) is 0 Å². The lowest BCUT2D eigenvalue weighted by atomic mass is 10.00. The highest BCUT2D eigenvalue weighted by Gasteiger charge is 2.35. The smallest absolute Gasteiger partial charge is 0.241 e. The molecule has 1 N–H and O–H groups in total. The highest BCUT2D eigenvalue weighted by atomic mass is 35.5. The highest BCUT2D eigenvalue weighted by Crippen LogP contribution is 2.17. The molecule has 0 spiro atoms. The summed E-state index contributed by atoms with van der Waals surface area (Å²) in [6.07, 6.45) is 2.30. The van der Waals surface area contributed by atoms with Crippen LogP contribution in [0.15, 0.2) is 0 Å². The first-order valence-corrected chi connectivity index (χ1v) is 4.95. The van der Waals surface area contributed by atoms with Crippen molar-refractivity contribution < 1.29 is 4.79 Å². The van der Waals surface area contributed by atoms with E-state index in [0.717, 1.165) is 19.5 Å². The Labute approximate surface area is 77.1 Å². The number of piperazine rings is 1. The Bertz CT molecular complexity index is 193. The van der Waals surface area contributed by atoms with Crippen molar-refractivity contribution in [2.45, 2.75) is 24.9 Å². The van der Waals surface area contributed by atoms with Crippen LogP contribution in [-0.2, 0) is 4.79 Å². The number of carbonyl (C=O) groups excluding carboxylic acids is 1. The van der Waals surface area contributed by atoms with E-state index in [2.05, 4.69) is 5.32 Å². The molecule has 1 amide bonds. The summed E-state index contributed by atoms with van der Waals surface area (Å²) in [5.74, 6) is 0.576. The monoisotopic (exact) mass is 188 g/mol. The molecule has 3 nitrogen and oxygen atoms in total. The number of carbonyl (C=O) groups is 1. The van der Waals surface area contributed by atoms with Crippen LogP contribution in [-0.4, -0.2) is 41.9 Å². The zero-order valence-electron chi connectivity index (χ0n) is 6.92. The molecule has 68 valence electrons. The number of amides is 1. The van der Waals surface area contributed by atoms with Gasteiger partial charge in [-0.05, 0) is 12.8 Å². The average Bonchev–Trinajstić information content (AvgIpc) is 2.12. The van der Waals surface area contributed by atoms with Gasteiger partial charge in [0.2, 0.25) is 5.91 Å². The van der Waals surface area contributed by atoms with Gasteiger partial charge in [-0.15, -0.1) is 11.6 Å². The van der Waals surface area contributed by atoms with Crippen molar-refractivity contribution in [3.05, 3.63) is 0 Å². The Morgan fingerprint density at radius 2 is 2.50 bits per heavy atom. The van der Waals surface area contributed by atoms with Crippen LogP contribution in [0.4, 0.5) is 0 Å². The van der Waals surface area contributed by atoms with E-state index in [1.54, 1.807) is 0 Å². The van der Waals surface area contributed by atoms with E-state index >= 15 is 0 Å². The van der Waals surface area contributed by atoms with E-state index in [1.807, 2.05) is 4.90 Å². The molecule has 2 heterocycles. The van der Waals surface area contributed by atoms with Gasteiger partial charge >= 0.3 is 0 Å². The predicted octanol–water partition coefficient (Wildman–Crippen LogP) is 0.188. The molecule has 0 aliphatic carbocycles. The van der Waals surface area contributed by atoms with E-state index in [4.69, 9.17) is 11.6 Å². The van der Waals surface area contributed by atoms with Gasteiger partial charge in [-0.25, -0.2) is 0 Å². The molecule has 0 saturated carbocycles. The largest absolute Gasteiger partial charge is 0.340 e. The van der Waals surface area contributed by atoms with E-state index < -0.39 is 0 Å². The van der Waals surface area contributed by atoms with Crippen LogP contribution in [0.1, 0.15) is 12.8 Å². The molecule has 12 heavy (non-hydrogen) atoms. The molecule has 0 radical (unpaired) electrons. The van der Waals surface area contributed by atoms with Gasteiger partial charge in [0.25, 0.3) is 0 Å². The van der Waals surface area contributed by atoms with Gasteiger partial charge in [-0.1, -0.05) is 0 Å². The molecule has 0 aromatic carbocycles. The minimum Gasteiger partial charge on any atom is -0.340 e. The van der Waals surface area contributed by atoms with E-state index in [1.165, 1.54) is 6.42 Å². The van der Waals surface area contributed by atoms with Gasteiger partial charge in [-0.2, -0.15) is 0 Å². The molecule has 2 rings (SSSR count). The van der Waals surface area contributed by atoms with Crippen LogP contribution in [0, 0.1) is 0 Å². The zero-order chi connectivity index (χ0) is 8.55. The fourth-order valence-electron chi connectivity index (χ4n) is 2.00. The Kier molecular flexibility index (Phi) is 2.24. The van der Waals surface area contributed by atoms with Crippen LogP contribution in [0.2, 0.25) is 0 Å². The third kappa shape index (κ3) is 1.31. The summed E-state index contributed by atoms with van der Waals surface area (Å²) in [4.78, 5) is 13.5. The van der Waals surface area contributed by atoms with Crippen LogP contribution in [0.25, 0.3) is 0 Å². The number of alkyl halides is 1. The third-order valence-corrected chi connectivity index (χ3v) is 2.93. The van der Waals surface area contributed by atoms with Crippen molar-refractivity contribution in [2.24, 2.45) is 0 Å². The number of halogens is 1. The van der Waals surface area contributed by atoms with Gasteiger partial charge < -0.3 is 10.2 Å². The van der Waals surface area contributed by atoms with Crippen LogP contribution >= 0.6 is 11.6 Å². The summed E-state index contributed by atoms with van der Waals surface area (Å²) < 4.78 is 0. The minimum atomic E-state index is -0.134. The Balaban J connectivity index is 2.09. The summed E-state index contributed by atoms with van der Waals surface area (Å²) in [5.41, 5.74) is 0. The summed E-state index contributed by atoms with van der Waals surface area (Å²) in [6, 6.07) is 0.353. The predicted molar refractivity (Wildman–Crippen MR) is 47.2 cm³/mol. The first-order valence-electron chi connectivity index (χ1n) is 4.42. The van der Waals surface area contributed by atoms with Gasteiger partial charge in [0.1, 0.15) is 6.04 Å². The fraction of sp³-hybridized carbons (Fsp3) is 0.875. The summed E-state index contributed by atoms with van der Waals surface area (Å²) >= 11 is 5.68. The fourth-order valence-corrected chi connectivity index (χ4v) is 2.22. The number of nitrogens with zero attached hydrogens (tertiary/aromatic N) is 1. The SMILES string of the molecule is O=C1C(CCl)NC2CCCN1C2. The Morgan fingerprint density at radius 3 is 3.25 bits per heavy atom. The van der Waals surface area contributed by atoms with Gasteiger partial charge in [0.05, 0.1) is 0 Å². The van der Waals surface area contributed by atoms with Crippen LogP contribution in [0.5, 0.6) is 0 Å². The summed E-state index contributed by atoms with van der Waals surface area (Å²) in [5, 5.41) is 3.26. The molecule has 2 unspecified atom stereocenters. The normalized spacial score (nSPS) is 35.4. The molecule has 2 fully saturated rings. The van der Waals surface area contributed by atoms with Crippen LogP contribution in [0.3, 0.4) is 0 Å². The number of piperidine rings is 1. The van der Waals surface area contributed by atoms with Gasteiger partial charge in [0, 0.05) is 25.0 Å². The molecule has 2 bridgehead atoms. The maximum absolute atomic E-state index is 11.5. The summed E-state index contributed by atoms with van der Waals surface area (Å²) in [6.45, 7) is 1.80. The second kappa shape index (κ2) is 3.23. The van der Waals surface area contributed by atoms with E-state index in [0.29, 0.717) is 11.9 Å². The van der Waals surface area contributed by atoms with Crippen molar-refractivity contribution in [3.63, 3.8) is 0 Å². The number of hydrogen-bond acceptors (Lipinski definition) is 2. The first-order chi connectivity index (χ1) is 5.81. The lowest BCUT2D eigenvalue weighted by Gasteiger charge is -2.41. The maximum atomic E-state index is 11.5. The number of hydrogen-bond donors (Lipinski definition) is 1. The standard InChI is InChI=1S/C8H13ClN2O/c9-4-7-8(12)11-3-1-2-6(5-11)10-7/h6-7,10H,1-5H2. The molecule has 4 heteroatoms. The molecule has 0 aromatic rings. The van der Waals surface area contributed by atoms with Crippen molar-refractivity contribution >= 4 is 17.5 Å². The highest BCUT2D eigenvalue weighted by molar-refractivity contribution is 6.20. The second-order valence-corrected chi connectivity index (χ2v) is 3.81. The molecule has 2 aliphatic heterocycles.